The molecule has 110 valence electrons. The lowest BCUT2D eigenvalue weighted by Crippen LogP contribution is -2.25. The van der Waals surface area contributed by atoms with Gasteiger partial charge in [-0.3, -0.25) is 4.79 Å². The maximum Gasteiger partial charge on any atom is 0.224 e. The lowest BCUT2D eigenvalue weighted by molar-refractivity contribution is -0.122. The van der Waals surface area contributed by atoms with E-state index in [0.717, 1.165) is 12.1 Å². The molecule has 1 amide bonds. The third kappa shape index (κ3) is 2.94. The molecule has 1 aromatic heterocycles. The highest BCUT2D eigenvalue weighted by molar-refractivity contribution is 5.82. The van der Waals surface area contributed by atoms with Crippen LogP contribution in [-0.4, -0.2) is 10.9 Å². The van der Waals surface area contributed by atoms with Crippen LogP contribution in [0.25, 0.3) is 0 Å². The standard InChI is InChI=1S/C15H14F2N2O2/c1-8-6-18-14(21-8)7-19-15(20)11-5-10(11)9-2-3-12(16)13(17)4-9/h2-4,6,10-11H,5,7H2,1H3,(H,19,20). The SMILES string of the molecule is Cc1cnc(CNC(=O)C2CC2c2ccc(F)c(F)c2)o1. The number of hydrogen-bond acceptors (Lipinski definition) is 3. The molecular formula is C15H14F2N2O2. The van der Waals surface area contributed by atoms with Crippen molar-refractivity contribution in [1.29, 1.82) is 0 Å². The Balaban J connectivity index is 1.57. The number of nitrogens with zero attached hydrogens (tertiary/aromatic N) is 1. The van der Waals surface area contributed by atoms with E-state index in [1.165, 1.54) is 6.07 Å². The first kappa shape index (κ1) is 13.7. The minimum absolute atomic E-state index is 0.0496. The molecule has 1 fully saturated rings. The van der Waals surface area contributed by atoms with E-state index in [1.807, 2.05) is 0 Å². The Morgan fingerprint density at radius 1 is 1.43 bits per heavy atom. The van der Waals surface area contributed by atoms with E-state index in [4.69, 9.17) is 4.42 Å². The van der Waals surface area contributed by atoms with Crippen molar-refractivity contribution < 1.29 is 18.0 Å². The lowest BCUT2D eigenvalue weighted by atomic mass is 10.1. The molecule has 2 atom stereocenters. The number of hydrogen-bond donors (Lipinski definition) is 1. The molecule has 1 N–H and O–H groups in total. The van der Waals surface area contributed by atoms with E-state index >= 15 is 0 Å². The summed E-state index contributed by atoms with van der Waals surface area (Å²) in [5, 5.41) is 2.74. The van der Waals surface area contributed by atoms with Crippen LogP contribution < -0.4 is 5.32 Å². The highest BCUT2D eigenvalue weighted by Gasteiger charge is 2.44. The fraction of sp³-hybridized carbons (Fsp3) is 0.333. The molecular weight excluding hydrogens is 278 g/mol. The van der Waals surface area contributed by atoms with Crippen LogP contribution in [0.5, 0.6) is 0 Å². The minimum Gasteiger partial charge on any atom is -0.444 e. The van der Waals surface area contributed by atoms with Crippen molar-refractivity contribution >= 4 is 5.91 Å². The Bertz CT molecular complexity index is 684. The van der Waals surface area contributed by atoms with Gasteiger partial charge in [0.2, 0.25) is 11.8 Å². The number of halogens is 2. The smallest absolute Gasteiger partial charge is 0.224 e. The number of carbonyl (C=O) groups is 1. The van der Waals surface area contributed by atoms with Crippen LogP contribution in [-0.2, 0) is 11.3 Å². The van der Waals surface area contributed by atoms with E-state index in [-0.39, 0.29) is 24.3 Å². The Morgan fingerprint density at radius 2 is 2.24 bits per heavy atom. The number of aromatic nitrogens is 1. The van der Waals surface area contributed by atoms with Crippen LogP contribution in [0, 0.1) is 24.5 Å². The molecule has 2 unspecified atom stereocenters. The zero-order valence-corrected chi connectivity index (χ0v) is 11.4. The number of rotatable bonds is 4. The molecule has 0 saturated heterocycles. The van der Waals surface area contributed by atoms with Crippen molar-refractivity contribution in [2.75, 3.05) is 0 Å². The maximum absolute atomic E-state index is 13.2. The van der Waals surface area contributed by atoms with Crippen molar-refractivity contribution in [3.05, 3.63) is 53.2 Å². The number of aryl methyl sites for hydroxylation is 1. The van der Waals surface area contributed by atoms with Crippen molar-refractivity contribution in [2.45, 2.75) is 25.8 Å². The van der Waals surface area contributed by atoms with Gasteiger partial charge in [-0.1, -0.05) is 6.07 Å². The third-order valence-corrected chi connectivity index (χ3v) is 3.58. The first-order chi connectivity index (χ1) is 10.0. The average molecular weight is 292 g/mol. The van der Waals surface area contributed by atoms with Crippen LogP contribution in [0.4, 0.5) is 8.78 Å². The Morgan fingerprint density at radius 3 is 2.90 bits per heavy atom. The first-order valence-corrected chi connectivity index (χ1v) is 6.68. The summed E-state index contributed by atoms with van der Waals surface area (Å²) < 4.78 is 31.3. The molecule has 3 rings (SSSR count). The molecule has 1 saturated carbocycles. The molecule has 0 bridgehead atoms. The van der Waals surface area contributed by atoms with E-state index in [2.05, 4.69) is 10.3 Å². The number of benzene rings is 1. The summed E-state index contributed by atoms with van der Waals surface area (Å²) in [5.74, 6) is -0.998. The zero-order chi connectivity index (χ0) is 15.0. The second-order valence-corrected chi connectivity index (χ2v) is 5.20. The second-order valence-electron chi connectivity index (χ2n) is 5.20. The Hall–Kier alpha value is -2.24. The van der Waals surface area contributed by atoms with Crippen molar-refractivity contribution in [2.24, 2.45) is 5.92 Å². The van der Waals surface area contributed by atoms with E-state index < -0.39 is 11.6 Å². The van der Waals surface area contributed by atoms with Gasteiger partial charge >= 0.3 is 0 Å². The molecule has 0 radical (unpaired) electrons. The summed E-state index contributed by atoms with van der Waals surface area (Å²) in [5.41, 5.74) is 0.654. The highest BCUT2D eigenvalue weighted by Crippen LogP contribution is 2.47. The number of oxazole rings is 1. The van der Waals surface area contributed by atoms with Crippen molar-refractivity contribution in [1.82, 2.24) is 10.3 Å². The maximum atomic E-state index is 13.2. The van der Waals surface area contributed by atoms with Gasteiger partial charge in [0.1, 0.15) is 5.76 Å². The Labute approximate surface area is 120 Å². The van der Waals surface area contributed by atoms with Gasteiger partial charge in [0.15, 0.2) is 11.6 Å². The summed E-state index contributed by atoms with van der Waals surface area (Å²) >= 11 is 0. The molecule has 0 aliphatic heterocycles. The highest BCUT2D eigenvalue weighted by atomic mass is 19.2. The monoisotopic (exact) mass is 292 g/mol. The van der Waals surface area contributed by atoms with Crippen LogP contribution in [0.2, 0.25) is 0 Å². The molecule has 1 aromatic carbocycles. The number of amides is 1. The van der Waals surface area contributed by atoms with Gasteiger partial charge in [-0.25, -0.2) is 13.8 Å². The van der Waals surface area contributed by atoms with Crippen LogP contribution in [0.15, 0.2) is 28.8 Å². The molecule has 1 heterocycles. The summed E-state index contributed by atoms with van der Waals surface area (Å²) in [6.45, 7) is 2.01. The van der Waals surface area contributed by atoms with Gasteiger partial charge in [0.25, 0.3) is 0 Å². The lowest BCUT2D eigenvalue weighted by Gasteiger charge is -2.03. The predicted octanol–water partition coefficient (Wildman–Crippen LogP) is 2.68. The summed E-state index contributed by atoms with van der Waals surface area (Å²) in [4.78, 5) is 16.0. The fourth-order valence-corrected chi connectivity index (χ4v) is 2.37. The number of nitrogens with one attached hydrogen (secondary N) is 1. The minimum atomic E-state index is -0.881. The third-order valence-electron chi connectivity index (χ3n) is 3.58. The number of carbonyl (C=O) groups excluding carboxylic acids is 1. The Kier molecular flexibility index (Phi) is 3.45. The fourth-order valence-electron chi connectivity index (χ4n) is 2.37. The van der Waals surface area contributed by atoms with Gasteiger partial charge in [-0.05, 0) is 37.0 Å². The topological polar surface area (TPSA) is 55.1 Å². The second kappa shape index (κ2) is 5.27. The predicted molar refractivity (Wildman–Crippen MR) is 70.3 cm³/mol. The molecule has 2 aromatic rings. The molecule has 21 heavy (non-hydrogen) atoms. The van der Waals surface area contributed by atoms with Crippen molar-refractivity contribution in [3.63, 3.8) is 0 Å². The molecule has 0 spiro atoms. The van der Waals surface area contributed by atoms with Gasteiger partial charge in [-0.15, -0.1) is 0 Å². The first-order valence-electron chi connectivity index (χ1n) is 6.68. The van der Waals surface area contributed by atoms with Gasteiger partial charge in [0.05, 0.1) is 12.7 Å². The quantitative estimate of drug-likeness (QED) is 0.942. The van der Waals surface area contributed by atoms with Gasteiger partial charge in [-0.2, -0.15) is 0 Å². The van der Waals surface area contributed by atoms with Crippen LogP contribution in [0.1, 0.15) is 29.6 Å². The molecule has 4 nitrogen and oxygen atoms in total. The summed E-state index contributed by atoms with van der Waals surface area (Å²) in [6.07, 6.45) is 2.23. The summed E-state index contributed by atoms with van der Waals surface area (Å²) in [7, 11) is 0. The largest absolute Gasteiger partial charge is 0.444 e. The van der Waals surface area contributed by atoms with Gasteiger partial charge in [0, 0.05) is 5.92 Å². The van der Waals surface area contributed by atoms with Crippen LogP contribution in [0.3, 0.4) is 0 Å². The normalized spacial score (nSPS) is 20.3. The average Bonchev–Trinajstić information content (AvgIpc) is 3.15. The van der Waals surface area contributed by atoms with Gasteiger partial charge < -0.3 is 9.73 Å². The molecule has 1 aliphatic rings. The van der Waals surface area contributed by atoms with E-state index in [9.17, 15) is 13.6 Å². The molecule has 1 aliphatic carbocycles. The van der Waals surface area contributed by atoms with E-state index in [0.29, 0.717) is 23.6 Å². The molecule has 6 heteroatoms. The van der Waals surface area contributed by atoms with Crippen molar-refractivity contribution in [3.8, 4) is 0 Å². The zero-order valence-electron chi connectivity index (χ0n) is 11.4. The summed E-state index contributed by atoms with van der Waals surface area (Å²) in [6, 6.07) is 3.77. The van der Waals surface area contributed by atoms with E-state index in [1.54, 1.807) is 13.1 Å². The van der Waals surface area contributed by atoms with Crippen LogP contribution >= 0.6 is 0 Å².